The van der Waals surface area contributed by atoms with E-state index < -0.39 is 6.04 Å². The Bertz CT molecular complexity index is 941. The Balaban J connectivity index is 1.54. The minimum absolute atomic E-state index is 0.222. The van der Waals surface area contributed by atoms with Crippen LogP contribution in [0.5, 0.6) is 0 Å². The number of aromatic nitrogens is 2. The Kier molecular flexibility index (Phi) is 4.02. The Morgan fingerprint density at radius 2 is 2.28 bits per heavy atom. The smallest absolute Gasteiger partial charge is 0.319 e. The molecule has 3 aromatic heterocycles. The fourth-order valence-electron chi connectivity index (χ4n) is 2.79. The average Bonchev–Trinajstić information content (AvgIpc) is 3.28. The van der Waals surface area contributed by atoms with Gasteiger partial charge in [-0.05, 0) is 18.4 Å². The second-order valence-corrected chi connectivity index (χ2v) is 7.45. The summed E-state index contributed by atoms with van der Waals surface area (Å²) < 4.78 is 1.92. The second-order valence-electron chi connectivity index (χ2n) is 5.59. The zero-order valence-corrected chi connectivity index (χ0v) is 14.9. The van der Waals surface area contributed by atoms with E-state index in [1.54, 1.807) is 18.3 Å². The zero-order valence-electron chi connectivity index (χ0n) is 13.3. The van der Waals surface area contributed by atoms with Gasteiger partial charge in [-0.25, -0.2) is 9.78 Å². The summed E-state index contributed by atoms with van der Waals surface area (Å²) in [7, 11) is 0. The molecule has 0 aliphatic carbocycles. The van der Waals surface area contributed by atoms with Crippen LogP contribution < -0.4 is 16.0 Å². The van der Waals surface area contributed by atoms with Gasteiger partial charge < -0.3 is 16.0 Å². The lowest BCUT2D eigenvalue weighted by atomic mass is 10.0. The highest BCUT2D eigenvalue weighted by Crippen LogP contribution is 2.29. The molecular formula is C16H15N5O2S2. The van der Waals surface area contributed by atoms with E-state index in [1.807, 2.05) is 39.7 Å². The van der Waals surface area contributed by atoms with E-state index in [9.17, 15) is 9.59 Å². The fraction of sp³-hybridized carbons (Fsp3) is 0.188. The van der Waals surface area contributed by atoms with Crippen molar-refractivity contribution in [1.29, 1.82) is 0 Å². The van der Waals surface area contributed by atoms with E-state index in [-0.39, 0.29) is 11.9 Å². The number of allylic oxidation sites excluding steroid dienone is 1. The normalized spacial score (nSPS) is 17.5. The molecule has 1 unspecified atom stereocenters. The number of amides is 3. The van der Waals surface area contributed by atoms with Crippen molar-refractivity contribution >= 4 is 39.6 Å². The zero-order chi connectivity index (χ0) is 17.4. The topological polar surface area (TPSA) is 87.5 Å². The molecule has 0 radical (unpaired) electrons. The van der Waals surface area contributed by atoms with Crippen molar-refractivity contribution in [3.05, 3.63) is 57.1 Å². The van der Waals surface area contributed by atoms with Crippen LogP contribution in [0.15, 0.2) is 46.6 Å². The van der Waals surface area contributed by atoms with Crippen molar-refractivity contribution in [3.8, 4) is 0 Å². The first-order valence-electron chi connectivity index (χ1n) is 7.63. The van der Waals surface area contributed by atoms with Crippen molar-refractivity contribution in [2.45, 2.75) is 19.5 Å². The van der Waals surface area contributed by atoms with E-state index in [4.69, 9.17) is 0 Å². The molecule has 1 aliphatic heterocycles. The molecule has 0 saturated heterocycles. The van der Waals surface area contributed by atoms with E-state index in [0.29, 0.717) is 17.8 Å². The number of thiazole rings is 1. The van der Waals surface area contributed by atoms with Gasteiger partial charge in [-0.15, -0.1) is 22.7 Å². The van der Waals surface area contributed by atoms with Crippen molar-refractivity contribution in [1.82, 2.24) is 25.3 Å². The van der Waals surface area contributed by atoms with E-state index in [1.165, 1.54) is 11.3 Å². The SMILES string of the molecule is CC1=C(C(=O)NCc2cn3ccsc3n2)C(c2cccs2)NC(=O)N1. The molecule has 1 atom stereocenters. The van der Waals surface area contributed by atoms with E-state index >= 15 is 0 Å². The minimum Gasteiger partial charge on any atom is -0.346 e. The summed E-state index contributed by atoms with van der Waals surface area (Å²) in [5, 5.41) is 12.3. The highest BCUT2D eigenvalue weighted by Gasteiger charge is 2.31. The number of carbonyl (C=O) groups is 2. The van der Waals surface area contributed by atoms with Crippen LogP contribution in [0.2, 0.25) is 0 Å². The third kappa shape index (κ3) is 3.03. The lowest BCUT2D eigenvalue weighted by Gasteiger charge is -2.27. The fourth-order valence-corrected chi connectivity index (χ4v) is 4.29. The third-order valence-corrected chi connectivity index (χ3v) is 5.62. The summed E-state index contributed by atoms with van der Waals surface area (Å²) in [6.07, 6.45) is 3.82. The summed E-state index contributed by atoms with van der Waals surface area (Å²) in [5.41, 5.74) is 1.87. The maximum Gasteiger partial charge on any atom is 0.319 e. The maximum absolute atomic E-state index is 12.8. The van der Waals surface area contributed by atoms with E-state index in [2.05, 4.69) is 20.9 Å². The molecule has 3 amide bonds. The van der Waals surface area contributed by atoms with Crippen LogP contribution >= 0.6 is 22.7 Å². The number of carbonyl (C=O) groups excluding carboxylic acids is 2. The molecule has 7 nitrogen and oxygen atoms in total. The Morgan fingerprint density at radius 1 is 1.40 bits per heavy atom. The number of urea groups is 1. The van der Waals surface area contributed by atoms with Gasteiger partial charge in [-0.3, -0.25) is 9.20 Å². The van der Waals surface area contributed by atoms with Crippen LogP contribution in [0.4, 0.5) is 4.79 Å². The van der Waals surface area contributed by atoms with Gasteiger partial charge in [-0.2, -0.15) is 0 Å². The van der Waals surface area contributed by atoms with Gasteiger partial charge in [0.15, 0.2) is 4.96 Å². The van der Waals surface area contributed by atoms with Crippen molar-refractivity contribution < 1.29 is 9.59 Å². The summed E-state index contributed by atoms with van der Waals surface area (Å²) in [4.78, 5) is 30.8. The minimum atomic E-state index is -0.445. The van der Waals surface area contributed by atoms with Crippen LogP contribution in [0.3, 0.4) is 0 Å². The van der Waals surface area contributed by atoms with Gasteiger partial charge in [0.25, 0.3) is 5.91 Å². The molecule has 4 heterocycles. The van der Waals surface area contributed by atoms with Crippen LogP contribution in [-0.4, -0.2) is 21.3 Å². The van der Waals surface area contributed by atoms with Gasteiger partial charge in [0.05, 0.1) is 23.9 Å². The molecular weight excluding hydrogens is 358 g/mol. The largest absolute Gasteiger partial charge is 0.346 e. The van der Waals surface area contributed by atoms with Gasteiger partial charge in [0, 0.05) is 28.3 Å². The predicted octanol–water partition coefficient (Wildman–Crippen LogP) is 2.40. The number of nitrogens with one attached hydrogen (secondary N) is 3. The highest BCUT2D eigenvalue weighted by atomic mass is 32.1. The maximum atomic E-state index is 12.8. The number of rotatable bonds is 4. The van der Waals surface area contributed by atoms with Crippen LogP contribution in [0.1, 0.15) is 23.5 Å². The summed E-state index contributed by atoms with van der Waals surface area (Å²) >= 11 is 3.05. The Hall–Kier alpha value is -2.65. The average molecular weight is 373 g/mol. The summed E-state index contributed by atoms with van der Waals surface area (Å²) in [6.45, 7) is 2.07. The number of imidazole rings is 1. The number of hydrogen-bond donors (Lipinski definition) is 3. The highest BCUT2D eigenvalue weighted by molar-refractivity contribution is 7.15. The molecule has 0 aromatic carbocycles. The molecule has 3 aromatic rings. The number of hydrogen-bond acceptors (Lipinski definition) is 5. The third-order valence-electron chi connectivity index (χ3n) is 3.91. The molecule has 9 heteroatoms. The van der Waals surface area contributed by atoms with Crippen LogP contribution in [-0.2, 0) is 11.3 Å². The molecule has 128 valence electrons. The Morgan fingerprint density at radius 3 is 3.04 bits per heavy atom. The first-order valence-corrected chi connectivity index (χ1v) is 9.38. The second kappa shape index (κ2) is 6.34. The Labute approximate surface area is 151 Å². The summed E-state index contributed by atoms with van der Waals surface area (Å²) in [5.74, 6) is -0.222. The van der Waals surface area contributed by atoms with E-state index in [0.717, 1.165) is 15.5 Å². The molecule has 25 heavy (non-hydrogen) atoms. The first kappa shape index (κ1) is 15.9. The molecule has 0 saturated carbocycles. The molecule has 4 rings (SSSR count). The molecule has 0 fully saturated rings. The van der Waals surface area contributed by atoms with Gasteiger partial charge in [0.1, 0.15) is 0 Å². The van der Waals surface area contributed by atoms with Crippen molar-refractivity contribution in [2.75, 3.05) is 0 Å². The number of fused-ring (bicyclic) bond motifs is 1. The molecule has 0 spiro atoms. The quantitative estimate of drug-likeness (QED) is 0.656. The van der Waals surface area contributed by atoms with Crippen molar-refractivity contribution in [3.63, 3.8) is 0 Å². The summed E-state index contributed by atoms with van der Waals surface area (Å²) in [6, 6.07) is 3.06. The van der Waals surface area contributed by atoms with Gasteiger partial charge >= 0.3 is 6.03 Å². The van der Waals surface area contributed by atoms with Gasteiger partial charge in [-0.1, -0.05) is 6.07 Å². The molecule has 3 N–H and O–H groups in total. The number of nitrogens with zero attached hydrogens (tertiary/aromatic N) is 2. The van der Waals surface area contributed by atoms with Crippen LogP contribution in [0, 0.1) is 0 Å². The first-order chi connectivity index (χ1) is 12.1. The lowest BCUT2D eigenvalue weighted by molar-refractivity contribution is -0.118. The number of thiophene rings is 1. The monoisotopic (exact) mass is 373 g/mol. The molecule has 1 aliphatic rings. The lowest BCUT2D eigenvalue weighted by Crippen LogP contribution is -2.46. The molecule has 0 bridgehead atoms. The predicted molar refractivity (Wildman–Crippen MR) is 96.3 cm³/mol. The standard InChI is InChI=1S/C16H15N5O2S2/c1-9-12(13(20-15(23)18-9)11-3-2-5-24-11)14(22)17-7-10-8-21-4-6-25-16(21)19-10/h2-6,8,13H,7H2,1H3,(H,17,22)(H2,18,20,23). The van der Waals surface area contributed by atoms with Gasteiger partial charge in [0.2, 0.25) is 0 Å². The van der Waals surface area contributed by atoms with Crippen molar-refractivity contribution in [2.24, 2.45) is 0 Å². The van der Waals surface area contributed by atoms with Crippen LogP contribution in [0.25, 0.3) is 4.96 Å².